The smallest absolute Gasteiger partial charge is 0.410 e. The molecule has 2 fully saturated rings. The van der Waals surface area contributed by atoms with Gasteiger partial charge in [0.25, 0.3) is 0 Å². The molecule has 0 bridgehead atoms. The summed E-state index contributed by atoms with van der Waals surface area (Å²) in [5.74, 6) is -0.115. The minimum Gasteiger partial charge on any atom is -0.444 e. The van der Waals surface area contributed by atoms with Crippen molar-refractivity contribution < 1.29 is 19.4 Å². The highest BCUT2D eigenvalue weighted by Crippen LogP contribution is 2.49. The Morgan fingerprint density at radius 2 is 1.67 bits per heavy atom. The molecule has 6 nitrogen and oxygen atoms in total. The molecule has 21 heavy (non-hydrogen) atoms. The highest BCUT2D eigenvalue weighted by molar-refractivity contribution is 5.74. The predicted molar refractivity (Wildman–Crippen MR) is 77.8 cm³/mol. The summed E-state index contributed by atoms with van der Waals surface area (Å²) in [5.41, 5.74) is -1.92. The second kappa shape index (κ2) is 5.16. The molecule has 0 atom stereocenters. The minimum atomic E-state index is -0.919. The average molecular weight is 298 g/mol. The Kier molecular flexibility index (Phi) is 3.95. The number of nitrogens with zero attached hydrogens (tertiary/aromatic N) is 1. The molecule has 0 aromatic heterocycles. The molecule has 2 aliphatic rings. The van der Waals surface area contributed by atoms with Crippen molar-refractivity contribution in [1.29, 1.82) is 0 Å². The van der Waals surface area contributed by atoms with Crippen molar-refractivity contribution >= 4 is 12.0 Å². The van der Waals surface area contributed by atoms with Gasteiger partial charge < -0.3 is 20.1 Å². The molecule has 0 aromatic carbocycles. The number of hydrogen-bond donors (Lipinski definition) is 2. The number of carbonyl (C=O) groups is 2. The Labute approximate surface area is 125 Å². The maximum absolute atomic E-state index is 12.0. The number of amides is 2. The standard InChI is InChI=1S/C15H26N2O4/c1-11(18)16-14(5-6-14)15(20)7-9-17(10-8-15)12(19)21-13(2,3)4/h20H,5-10H2,1-4H3,(H,16,18). The van der Waals surface area contributed by atoms with E-state index in [2.05, 4.69) is 5.32 Å². The van der Waals surface area contributed by atoms with Crippen LogP contribution in [0.3, 0.4) is 0 Å². The monoisotopic (exact) mass is 298 g/mol. The highest BCUT2D eigenvalue weighted by Gasteiger charge is 2.60. The third-order valence-corrected chi connectivity index (χ3v) is 4.30. The summed E-state index contributed by atoms with van der Waals surface area (Å²) < 4.78 is 5.35. The number of likely N-dealkylation sites (tertiary alicyclic amines) is 1. The quantitative estimate of drug-likeness (QED) is 0.808. The molecule has 2 N–H and O–H groups in total. The van der Waals surface area contributed by atoms with Crippen LogP contribution in [0, 0.1) is 0 Å². The van der Waals surface area contributed by atoms with E-state index in [9.17, 15) is 14.7 Å². The van der Waals surface area contributed by atoms with E-state index in [-0.39, 0.29) is 12.0 Å². The Morgan fingerprint density at radius 3 is 2.05 bits per heavy atom. The Morgan fingerprint density at radius 1 is 1.14 bits per heavy atom. The molecule has 0 aromatic rings. The molecule has 0 unspecified atom stereocenters. The average Bonchev–Trinajstić information content (AvgIpc) is 3.08. The van der Waals surface area contributed by atoms with Crippen LogP contribution in [0.25, 0.3) is 0 Å². The molecule has 1 aliphatic carbocycles. The van der Waals surface area contributed by atoms with Crippen LogP contribution in [-0.2, 0) is 9.53 Å². The molecule has 2 rings (SSSR count). The summed E-state index contributed by atoms with van der Waals surface area (Å²) >= 11 is 0. The van der Waals surface area contributed by atoms with Crippen LogP contribution in [0.5, 0.6) is 0 Å². The van der Waals surface area contributed by atoms with E-state index >= 15 is 0 Å². The number of nitrogens with one attached hydrogen (secondary N) is 1. The van der Waals surface area contributed by atoms with Crippen LogP contribution in [0.4, 0.5) is 4.79 Å². The lowest BCUT2D eigenvalue weighted by molar-refractivity contribution is -0.125. The van der Waals surface area contributed by atoms with Gasteiger partial charge in [0.05, 0.1) is 11.1 Å². The van der Waals surface area contributed by atoms with Gasteiger partial charge in [0.2, 0.25) is 5.91 Å². The normalized spacial score (nSPS) is 23.4. The maximum atomic E-state index is 12.0. The number of carbonyl (C=O) groups excluding carboxylic acids is 2. The summed E-state index contributed by atoms with van der Waals surface area (Å²) in [4.78, 5) is 25.0. The van der Waals surface area contributed by atoms with Crippen molar-refractivity contribution in [3.63, 3.8) is 0 Å². The zero-order valence-corrected chi connectivity index (χ0v) is 13.4. The SMILES string of the molecule is CC(=O)NC1(C2(O)CCN(C(=O)OC(C)(C)C)CC2)CC1. The first kappa shape index (κ1) is 16.1. The summed E-state index contributed by atoms with van der Waals surface area (Å²) in [7, 11) is 0. The van der Waals surface area contributed by atoms with Crippen LogP contribution in [0.2, 0.25) is 0 Å². The first-order chi connectivity index (χ1) is 9.57. The van der Waals surface area contributed by atoms with Crippen molar-refractivity contribution in [2.24, 2.45) is 0 Å². The number of aliphatic hydroxyl groups is 1. The predicted octanol–water partition coefficient (Wildman–Crippen LogP) is 1.42. The summed E-state index contributed by atoms with van der Waals surface area (Å²) in [6, 6.07) is 0. The van der Waals surface area contributed by atoms with Crippen molar-refractivity contribution in [3.8, 4) is 0 Å². The lowest BCUT2D eigenvalue weighted by Gasteiger charge is -2.43. The second-order valence-corrected chi connectivity index (χ2v) is 7.26. The van der Waals surface area contributed by atoms with Gasteiger partial charge in [-0.2, -0.15) is 0 Å². The highest BCUT2D eigenvalue weighted by atomic mass is 16.6. The Bertz CT molecular complexity index is 429. The van der Waals surface area contributed by atoms with Crippen molar-refractivity contribution in [2.45, 2.75) is 70.1 Å². The summed E-state index contributed by atoms with van der Waals surface area (Å²) in [6.45, 7) is 7.88. The Balaban J connectivity index is 1.94. The third kappa shape index (κ3) is 3.48. The van der Waals surface area contributed by atoms with Gasteiger partial charge in [-0.1, -0.05) is 0 Å². The molecule has 1 saturated heterocycles. The lowest BCUT2D eigenvalue weighted by atomic mass is 9.82. The topological polar surface area (TPSA) is 78.9 Å². The molecular weight excluding hydrogens is 272 g/mol. The molecule has 120 valence electrons. The fourth-order valence-corrected chi connectivity index (χ4v) is 3.03. The molecule has 1 aliphatic heterocycles. The number of rotatable bonds is 2. The lowest BCUT2D eigenvalue weighted by Crippen LogP contribution is -2.60. The molecule has 6 heteroatoms. The first-order valence-electron chi connectivity index (χ1n) is 7.56. The van der Waals surface area contributed by atoms with Gasteiger partial charge in [0.15, 0.2) is 0 Å². The maximum Gasteiger partial charge on any atom is 0.410 e. The van der Waals surface area contributed by atoms with Gasteiger partial charge in [0, 0.05) is 20.0 Å². The van der Waals surface area contributed by atoms with E-state index in [4.69, 9.17) is 4.74 Å². The van der Waals surface area contributed by atoms with Gasteiger partial charge >= 0.3 is 6.09 Å². The van der Waals surface area contributed by atoms with Crippen LogP contribution in [0.15, 0.2) is 0 Å². The fraction of sp³-hybridized carbons (Fsp3) is 0.867. The summed E-state index contributed by atoms with van der Waals surface area (Å²) in [5, 5.41) is 13.7. The second-order valence-electron chi connectivity index (χ2n) is 7.26. The number of ether oxygens (including phenoxy) is 1. The number of piperidine rings is 1. The fourth-order valence-electron chi connectivity index (χ4n) is 3.03. The molecule has 0 radical (unpaired) electrons. The molecule has 0 spiro atoms. The van der Waals surface area contributed by atoms with E-state index in [0.29, 0.717) is 25.9 Å². The van der Waals surface area contributed by atoms with Crippen LogP contribution in [0.1, 0.15) is 53.4 Å². The first-order valence-corrected chi connectivity index (χ1v) is 7.56. The Hall–Kier alpha value is -1.30. The largest absolute Gasteiger partial charge is 0.444 e. The van der Waals surface area contributed by atoms with E-state index in [1.54, 1.807) is 4.90 Å². The van der Waals surface area contributed by atoms with E-state index in [1.165, 1.54) is 6.92 Å². The van der Waals surface area contributed by atoms with Crippen molar-refractivity contribution in [3.05, 3.63) is 0 Å². The van der Waals surface area contributed by atoms with E-state index in [1.807, 2.05) is 20.8 Å². The third-order valence-electron chi connectivity index (χ3n) is 4.30. The van der Waals surface area contributed by atoms with Gasteiger partial charge in [-0.15, -0.1) is 0 Å². The van der Waals surface area contributed by atoms with Crippen molar-refractivity contribution in [2.75, 3.05) is 13.1 Å². The van der Waals surface area contributed by atoms with E-state index in [0.717, 1.165) is 12.8 Å². The molecule has 2 amide bonds. The summed E-state index contributed by atoms with van der Waals surface area (Å²) in [6.07, 6.45) is 2.19. The van der Waals surface area contributed by atoms with Gasteiger partial charge in [-0.3, -0.25) is 4.79 Å². The number of hydrogen-bond acceptors (Lipinski definition) is 4. The van der Waals surface area contributed by atoms with Crippen LogP contribution < -0.4 is 5.32 Å². The zero-order chi connectivity index (χ0) is 15.9. The van der Waals surface area contributed by atoms with Gasteiger partial charge in [-0.05, 0) is 46.5 Å². The minimum absolute atomic E-state index is 0.115. The van der Waals surface area contributed by atoms with E-state index < -0.39 is 16.7 Å². The van der Waals surface area contributed by atoms with Crippen molar-refractivity contribution in [1.82, 2.24) is 10.2 Å². The van der Waals surface area contributed by atoms with Gasteiger partial charge in [-0.25, -0.2) is 4.79 Å². The molecular formula is C15H26N2O4. The zero-order valence-electron chi connectivity index (χ0n) is 13.4. The molecule has 1 saturated carbocycles. The van der Waals surface area contributed by atoms with Crippen LogP contribution in [-0.4, -0.2) is 51.8 Å². The molecule has 1 heterocycles. The van der Waals surface area contributed by atoms with Crippen LogP contribution >= 0.6 is 0 Å². The van der Waals surface area contributed by atoms with Gasteiger partial charge in [0.1, 0.15) is 5.60 Å².